The lowest BCUT2D eigenvalue weighted by atomic mass is 10.2. The van der Waals surface area contributed by atoms with E-state index in [9.17, 15) is 14.4 Å². The van der Waals surface area contributed by atoms with Crippen molar-refractivity contribution in [1.82, 2.24) is 19.5 Å². The highest BCUT2D eigenvalue weighted by atomic mass is 32.2. The Morgan fingerprint density at radius 1 is 1.27 bits per heavy atom. The predicted molar refractivity (Wildman–Crippen MR) is 126 cm³/mol. The number of hydrogen-bond acceptors (Lipinski definition) is 9. The van der Waals surface area contributed by atoms with Gasteiger partial charge in [-0.15, -0.1) is 0 Å². The van der Waals surface area contributed by atoms with E-state index < -0.39 is 5.97 Å². The van der Waals surface area contributed by atoms with Crippen LogP contribution in [0.5, 0.6) is 0 Å². The van der Waals surface area contributed by atoms with Gasteiger partial charge >= 0.3 is 11.7 Å². The van der Waals surface area contributed by atoms with Crippen LogP contribution >= 0.6 is 23.1 Å². The molecule has 3 aromatic heterocycles. The zero-order valence-corrected chi connectivity index (χ0v) is 19.9. The molecule has 0 fully saturated rings. The van der Waals surface area contributed by atoms with E-state index in [4.69, 9.17) is 4.74 Å². The van der Waals surface area contributed by atoms with Crippen LogP contribution in [0.3, 0.4) is 0 Å². The van der Waals surface area contributed by atoms with Crippen molar-refractivity contribution in [1.29, 1.82) is 0 Å². The highest BCUT2D eigenvalue weighted by Crippen LogP contribution is 2.30. The minimum Gasteiger partial charge on any atom is -0.462 e. The van der Waals surface area contributed by atoms with Gasteiger partial charge in [0.15, 0.2) is 5.13 Å². The van der Waals surface area contributed by atoms with Crippen LogP contribution in [0.15, 0.2) is 34.2 Å². The first-order valence-electron chi connectivity index (χ1n) is 10.6. The van der Waals surface area contributed by atoms with Gasteiger partial charge in [0.2, 0.25) is 5.91 Å². The second-order valence-electron chi connectivity index (χ2n) is 7.38. The Morgan fingerprint density at radius 3 is 2.88 bits per heavy atom. The number of nitrogens with zero attached hydrogens (tertiary/aromatic N) is 4. The quantitative estimate of drug-likeness (QED) is 0.294. The second kappa shape index (κ2) is 10.3. The maximum Gasteiger partial charge on any atom is 0.350 e. The maximum atomic E-state index is 12.8. The van der Waals surface area contributed by atoms with Crippen LogP contribution in [0.1, 0.15) is 45.7 Å². The normalized spacial score (nSPS) is 12.4. The van der Waals surface area contributed by atoms with Crippen LogP contribution in [-0.2, 0) is 28.9 Å². The number of thioether (sulfide) groups is 1. The molecule has 0 spiro atoms. The van der Waals surface area contributed by atoms with Gasteiger partial charge in [0.1, 0.15) is 9.90 Å². The van der Waals surface area contributed by atoms with Crippen LogP contribution in [0, 0.1) is 6.92 Å². The molecule has 0 saturated carbocycles. The standard InChI is InChI=1S/C22H23N5O4S2/c1-3-31-20(29)18-13(2)24-21(33-18)25-17(28)12-32-19-15-8-6-9-16(15)27(22(30)26-19)11-14-7-4-5-10-23-14/h4-5,7,10H,3,6,8-9,11-12H2,1-2H3,(H,24,25,28). The molecule has 0 aromatic carbocycles. The number of rotatable bonds is 8. The fourth-order valence-corrected chi connectivity index (χ4v) is 5.40. The number of hydrogen-bond donors (Lipinski definition) is 1. The molecule has 4 rings (SSSR count). The molecule has 3 aromatic rings. The molecule has 0 aliphatic heterocycles. The summed E-state index contributed by atoms with van der Waals surface area (Å²) in [6.45, 7) is 4.08. The number of ether oxygens (including phenoxy) is 1. The zero-order valence-electron chi connectivity index (χ0n) is 18.3. The van der Waals surface area contributed by atoms with Crippen molar-refractivity contribution in [3.63, 3.8) is 0 Å². The summed E-state index contributed by atoms with van der Waals surface area (Å²) >= 11 is 2.32. The van der Waals surface area contributed by atoms with Gasteiger partial charge in [-0.1, -0.05) is 29.2 Å². The van der Waals surface area contributed by atoms with E-state index in [1.54, 1.807) is 24.6 Å². The van der Waals surface area contributed by atoms with Crippen molar-refractivity contribution in [2.24, 2.45) is 0 Å². The van der Waals surface area contributed by atoms with E-state index in [0.717, 1.165) is 47.6 Å². The zero-order chi connectivity index (χ0) is 23.4. The molecule has 11 heteroatoms. The number of aromatic nitrogens is 4. The number of carbonyl (C=O) groups excluding carboxylic acids is 2. The van der Waals surface area contributed by atoms with Gasteiger partial charge in [0, 0.05) is 17.5 Å². The fourth-order valence-electron chi connectivity index (χ4n) is 3.65. The molecule has 0 bridgehead atoms. The molecule has 0 atom stereocenters. The van der Waals surface area contributed by atoms with E-state index in [1.807, 2.05) is 18.2 Å². The molecule has 1 N–H and O–H groups in total. The Bertz CT molecular complexity index is 1240. The van der Waals surface area contributed by atoms with E-state index in [1.165, 1.54) is 11.8 Å². The number of esters is 1. The van der Waals surface area contributed by atoms with Gasteiger partial charge in [-0.2, -0.15) is 4.98 Å². The summed E-state index contributed by atoms with van der Waals surface area (Å²) in [6, 6.07) is 5.61. The van der Waals surface area contributed by atoms with Crippen molar-refractivity contribution < 1.29 is 14.3 Å². The highest BCUT2D eigenvalue weighted by Gasteiger charge is 2.23. The first-order valence-corrected chi connectivity index (χ1v) is 12.4. The number of amides is 1. The van der Waals surface area contributed by atoms with Gasteiger partial charge in [-0.25, -0.2) is 14.6 Å². The molecule has 0 unspecified atom stereocenters. The third-order valence-electron chi connectivity index (χ3n) is 5.09. The summed E-state index contributed by atoms with van der Waals surface area (Å²) in [4.78, 5) is 50.4. The maximum absolute atomic E-state index is 12.8. The van der Waals surface area contributed by atoms with Crippen molar-refractivity contribution in [2.45, 2.75) is 44.7 Å². The molecular formula is C22H23N5O4S2. The molecular weight excluding hydrogens is 462 g/mol. The van der Waals surface area contributed by atoms with Crippen molar-refractivity contribution >= 4 is 40.1 Å². The smallest absolute Gasteiger partial charge is 0.350 e. The Labute approximate surface area is 198 Å². The predicted octanol–water partition coefficient (Wildman–Crippen LogP) is 2.85. The number of thiazole rings is 1. The Morgan fingerprint density at radius 2 is 2.12 bits per heavy atom. The average Bonchev–Trinajstić information content (AvgIpc) is 3.42. The van der Waals surface area contributed by atoms with Crippen LogP contribution in [-0.4, -0.2) is 43.8 Å². The van der Waals surface area contributed by atoms with Gasteiger partial charge in [-0.05, 0) is 45.2 Å². The number of aryl methyl sites for hydroxylation is 1. The Hall–Kier alpha value is -3.05. The van der Waals surface area contributed by atoms with E-state index in [0.29, 0.717) is 27.3 Å². The van der Waals surface area contributed by atoms with Crippen molar-refractivity contribution in [3.8, 4) is 0 Å². The Balaban J connectivity index is 1.45. The molecule has 0 saturated heterocycles. The van der Waals surface area contributed by atoms with Crippen LogP contribution in [0.4, 0.5) is 5.13 Å². The lowest BCUT2D eigenvalue weighted by molar-refractivity contribution is -0.113. The largest absolute Gasteiger partial charge is 0.462 e. The van der Waals surface area contributed by atoms with Crippen molar-refractivity contribution in [2.75, 3.05) is 17.7 Å². The third kappa shape index (κ3) is 5.31. The molecule has 1 amide bonds. The number of anilines is 1. The van der Waals surface area contributed by atoms with E-state index in [-0.39, 0.29) is 24.0 Å². The second-order valence-corrected chi connectivity index (χ2v) is 9.34. The lowest BCUT2D eigenvalue weighted by Gasteiger charge is -2.13. The van der Waals surface area contributed by atoms with Gasteiger partial charge in [0.05, 0.1) is 30.3 Å². The summed E-state index contributed by atoms with van der Waals surface area (Å²) < 4.78 is 6.69. The Kier molecular flexibility index (Phi) is 7.19. The minimum atomic E-state index is -0.451. The first kappa shape index (κ1) is 23.1. The number of pyridine rings is 1. The van der Waals surface area contributed by atoms with Crippen LogP contribution in [0.2, 0.25) is 0 Å². The van der Waals surface area contributed by atoms with E-state index in [2.05, 4.69) is 20.3 Å². The summed E-state index contributed by atoms with van der Waals surface area (Å²) in [6.07, 6.45) is 4.27. The SMILES string of the molecule is CCOC(=O)c1sc(NC(=O)CSc2nc(=O)n(Cc3ccccn3)c3c2CCC3)nc1C. The van der Waals surface area contributed by atoms with Crippen LogP contribution in [0.25, 0.3) is 0 Å². The minimum absolute atomic E-state index is 0.0799. The van der Waals surface area contributed by atoms with Gasteiger partial charge in [-0.3, -0.25) is 14.3 Å². The number of carbonyl (C=O) groups is 2. The van der Waals surface area contributed by atoms with E-state index >= 15 is 0 Å². The van der Waals surface area contributed by atoms with Gasteiger partial charge in [0.25, 0.3) is 0 Å². The van der Waals surface area contributed by atoms with Gasteiger partial charge < -0.3 is 10.1 Å². The monoisotopic (exact) mass is 485 g/mol. The summed E-state index contributed by atoms with van der Waals surface area (Å²) in [5.41, 5.74) is 2.98. The molecule has 172 valence electrons. The molecule has 3 heterocycles. The molecule has 0 radical (unpaired) electrons. The number of fused-ring (bicyclic) bond motifs is 1. The third-order valence-corrected chi connectivity index (χ3v) is 7.16. The van der Waals surface area contributed by atoms with Crippen LogP contribution < -0.4 is 11.0 Å². The lowest BCUT2D eigenvalue weighted by Crippen LogP contribution is -2.28. The average molecular weight is 486 g/mol. The molecule has 1 aliphatic rings. The highest BCUT2D eigenvalue weighted by molar-refractivity contribution is 8.00. The molecule has 1 aliphatic carbocycles. The summed E-state index contributed by atoms with van der Waals surface area (Å²) in [5.74, 6) is -0.653. The summed E-state index contributed by atoms with van der Waals surface area (Å²) in [5, 5.41) is 3.65. The fraction of sp³-hybridized carbons (Fsp3) is 0.364. The first-order chi connectivity index (χ1) is 16.0. The van der Waals surface area contributed by atoms with Crippen molar-refractivity contribution in [3.05, 3.63) is 62.4 Å². The molecule has 9 nitrogen and oxygen atoms in total. The topological polar surface area (TPSA) is 116 Å². The summed E-state index contributed by atoms with van der Waals surface area (Å²) in [7, 11) is 0. The molecule has 33 heavy (non-hydrogen) atoms. The number of nitrogens with one attached hydrogen (secondary N) is 1.